The molecule has 146 valence electrons. The summed E-state index contributed by atoms with van der Waals surface area (Å²) in [6.07, 6.45) is 6.63. The van der Waals surface area contributed by atoms with Crippen LogP contribution < -0.4 is 0 Å². The summed E-state index contributed by atoms with van der Waals surface area (Å²) in [4.78, 5) is 35.9. The lowest BCUT2D eigenvalue weighted by molar-refractivity contribution is -0.384. The zero-order valence-corrected chi connectivity index (χ0v) is 16.1. The number of halogens is 1. The molecule has 1 aliphatic rings. The second kappa shape index (κ2) is 9.50. The fraction of sp³-hybridized carbons (Fsp3) is 0.474. The summed E-state index contributed by atoms with van der Waals surface area (Å²) >= 11 is 5.74. The summed E-state index contributed by atoms with van der Waals surface area (Å²) in [5.41, 5.74) is 0.189. The molecule has 0 atom stereocenters. The van der Waals surface area contributed by atoms with Crippen molar-refractivity contribution < 1.29 is 19.2 Å². The molecule has 0 radical (unpaired) electrons. The topological polar surface area (TPSA) is 89.8 Å². The van der Waals surface area contributed by atoms with Crippen molar-refractivity contribution >= 4 is 35.2 Å². The number of hydrogen-bond acceptors (Lipinski definition) is 5. The van der Waals surface area contributed by atoms with Gasteiger partial charge in [-0.25, -0.2) is 4.79 Å². The van der Waals surface area contributed by atoms with Crippen LogP contribution in [0.5, 0.6) is 0 Å². The van der Waals surface area contributed by atoms with Crippen molar-refractivity contribution in [1.29, 1.82) is 0 Å². The molecule has 0 heterocycles. The van der Waals surface area contributed by atoms with Crippen LogP contribution in [0.3, 0.4) is 0 Å². The maximum atomic E-state index is 12.2. The lowest BCUT2D eigenvalue weighted by atomic mass is 9.87. The summed E-state index contributed by atoms with van der Waals surface area (Å²) in [5.74, 6) is -0.235. The number of rotatable bonds is 6. The van der Waals surface area contributed by atoms with E-state index in [1.54, 1.807) is 18.0 Å². The molecule has 1 aromatic carbocycles. The van der Waals surface area contributed by atoms with Crippen LogP contribution in [0.25, 0.3) is 6.08 Å². The molecule has 1 saturated carbocycles. The summed E-state index contributed by atoms with van der Waals surface area (Å²) in [6.45, 7) is 1.88. The van der Waals surface area contributed by atoms with E-state index >= 15 is 0 Å². The van der Waals surface area contributed by atoms with Crippen LogP contribution in [0.2, 0.25) is 5.02 Å². The van der Waals surface area contributed by atoms with E-state index in [2.05, 4.69) is 6.92 Å². The highest BCUT2D eigenvalue weighted by molar-refractivity contribution is 6.32. The molecule has 0 unspecified atom stereocenters. The quantitative estimate of drug-likeness (QED) is 0.316. The first-order valence-electron chi connectivity index (χ1n) is 8.82. The highest BCUT2D eigenvalue weighted by Crippen LogP contribution is 2.27. The van der Waals surface area contributed by atoms with E-state index in [9.17, 15) is 19.7 Å². The van der Waals surface area contributed by atoms with Gasteiger partial charge in [0, 0.05) is 25.2 Å². The highest BCUT2D eigenvalue weighted by atomic mass is 35.5. The third-order valence-electron chi connectivity index (χ3n) is 4.84. The third kappa shape index (κ3) is 6.06. The van der Waals surface area contributed by atoms with Crippen LogP contribution in [0.15, 0.2) is 24.3 Å². The zero-order chi connectivity index (χ0) is 20.0. The molecule has 2 rings (SSSR count). The van der Waals surface area contributed by atoms with Crippen LogP contribution in [-0.4, -0.2) is 41.4 Å². The Morgan fingerprint density at radius 2 is 2.00 bits per heavy atom. The first-order chi connectivity index (χ1) is 12.8. The van der Waals surface area contributed by atoms with Gasteiger partial charge in [-0.2, -0.15) is 0 Å². The first-order valence-corrected chi connectivity index (χ1v) is 9.20. The normalized spacial score (nSPS) is 19.7. The molecule has 1 aromatic rings. The molecule has 1 aliphatic carbocycles. The second-order valence-corrected chi connectivity index (χ2v) is 7.23. The predicted octanol–water partition coefficient (Wildman–Crippen LogP) is 3.84. The highest BCUT2D eigenvalue weighted by Gasteiger charge is 2.25. The number of carbonyl (C=O) groups is 2. The number of esters is 1. The maximum Gasteiger partial charge on any atom is 0.331 e. The molecule has 0 bridgehead atoms. The summed E-state index contributed by atoms with van der Waals surface area (Å²) in [5, 5.41) is 10.9. The molecule has 0 saturated heterocycles. The Balaban J connectivity index is 1.85. The maximum absolute atomic E-state index is 12.2. The minimum atomic E-state index is -0.688. The average Bonchev–Trinajstić information content (AvgIpc) is 2.65. The number of hydrogen-bond donors (Lipinski definition) is 0. The Kier molecular flexibility index (Phi) is 7.36. The van der Waals surface area contributed by atoms with Gasteiger partial charge >= 0.3 is 5.97 Å². The van der Waals surface area contributed by atoms with E-state index in [-0.39, 0.29) is 29.3 Å². The fourth-order valence-corrected chi connectivity index (χ4v) is 3.24. The zero-order valence-electron chi connectivity index (χ0n) is 15.4. The minimum absolute atomic E-state index is 0.0190. The van der Waals surface area contributed by atoms with Gasteiger partial charge in [0.2, 0.25) is 0 Å². The molecular formula is C19H23ClN2O5. The van der Waals surface area contributed by atoms with Gasteiger partial charge in [-0.15, -0.1) is 0 Å². The van der Waals surface area contributed by atoms with E-state index in [0.29, 0.717) is 11.5 Å². The van der Waals surface area contributed by atoms with Crippen LogP contribution in [0.4, 0.5) is 5.69 Å². The Hall–Kier alpha value is -2.41. The number of carbonyl (C=O) groups excluding carboxylic acids is 2. The van der Waals surface area contributed by atoms with Gasteiger partial charge in [0.25, 0.3) is 11.6 Å². The van der Waals surface area contributed by atoms with Gasteiger partial charge in [0.05, 0.1) is 4.92 Å². The molecule has 0 aromatic heterocycles. The summed E-state index contributed by atoms with van der Waals surface area (Å²) in [7, 11) is 1.74. The van der Waals surface area contributed by atoms with Crippen molar-refractivity contribution in [2.45, 2.75) is 38.6 Å². The molecule has 7 nitrogen and oxygen atoms in total. The van der Waals surface area contributed by atoms with Gasteiger partial charge in [-0.1, -0.05) is 24.6 Å². The molecule has 0 aliphatic heterocycles. The minimum Gasteiger partial charge on any atom is -0.452 e. The lowest BCUT2D eigenvalue weighted by Gasteiger charge is -2.33. The van der Waals surface area contributed by atoms with E-state index in [0.717, 1.165) is 31.8 Å². The molecule has 8 heteroatoms. The number of benzene rings is 1. The molecule has 1 fully saturated rings. The molecular weight excluding hydrogens is 372 g/mol. The van der Waals surface area contributed by atoms with E-state index in [4.69, 9.17) is 16.3 Å². The van der Waals surface area contributed by atoms with Crippen molar-refractivity contribution in [3.8, 4) is 0 Å². The fourth-order valence-electron chi connectivity index (χ4n) is 3.05. The number of amides is 1. The van der Waals surface area contributed by atoms with Crippen molar-refractivity contribution in [3.63, 3.8) is 0 Å². The van der Waals surface area contributed by atoms with E-state index < -0.39 is 10.9 Å². The van der Waals surface area contributed by atoms with Gasteiger partial charge in [-0.3, -0.25) is 14.9 Å². The lowest BCUT2D eigenvalue weighted by Crippen LogP contribution is -2.41. The molecule has 0 N–H and O–H groups in total. The Labute approximate surface area is 163 Å². The van der Waals surface area contributed by atoms with Crippen LogP contribution in [-0.2, 0) is 14.3 Å². The van der Waals surface area contributed by atoms with Crippen molar-refractivity contribution in [2.24, 2.45) is 5.92 Å². The van der Waals surface area contributed by atoms with Gasteiger partial charge in [0.1, 0.15) is 5.02 Å². The first kappa shape index (κ1) is 20.9. The standard InChI is InChI=1S/C19H23ClN2O5/c1-13-3-7-15(8-4-13)21(2)18(23)12-27-19(24)10-6-14-5-9-16(20)17(11-14)22(25)26/h5-6,9-11,13,15H,3-4,7-8,12H2,1-2H3/b10-6+. The predicted molar refractivity (Wildman–Crippen MR) is 102 cm³/mol. The number of nitro benzene ring substituents is 1. The Bertz CT molecular complexity index is 742. The van der Waals surface area contributed by atoms with Crippen molar-refractivity contribution in [3.05, 3.63) is 45.0 Å². The van der Waals surface area contributed by atoms with Crippen molar-refractivity contribution in [1.82, 2.24) is 4.90 Å². The van der Waals surface area contributed by atoms with Gasteiger partial charge < -0.3 is 9.64 Å². The van der Waals surface area contributed by atoms with E-state index in [1.165, 1.54) is 18.2 Å². The van der Waals surface area contributed by atoms with Crippen LogP contribution in [0.1, 0.15) is 38.2 Å². The second-order valence-electron chi connectivity index (χ2n) is 6.83. The smallest absolute Gasteiger partial charge is 0.331 e. The van der Waals surface area contributed by atoms with Crippen LogP contribution in [0, 0.1) is 16.0 Å². The number of ether oxygens (including phenoxy) is 1. The average molecular weight is 395 g/mol. The molecule has 27 heavy (non-hydrogen) atoms. The SMILES string of the molecule is CC1CCC(N(C)C(=O)COC(=O)/C=C/c2ccc(Cl)c([N+](=O)[O-])c2)CC1. The molecule has 0 spiro atoms. The Morgan fingerprint density at radius 3 is 2.63 bits per heavy atom. The third-order valence-corrected chi connectivity index (χ3v) is 5.16. The number of likely N-dealkylation sites (N-methyl/N-ethyl adjacent to an activating group) is 1. The summed E-state index contributed by atoms with van der Waals surface area (Å²) in [6, 6.07) is 4.38. The monoisotopic (exact) mass is 394 g/mol. The number of nitrogens with zero attached hydrogens (tertiary/aromatic N) is 2. The van der Waals surface area contributed by atoms with Crippen molar-refractivity contribution in [2.75, 3.05) is 13.7 Å². The van der Waals surface area contributed by atoms with Crippen LogP contribution >= 0.6 is 11.6 Å². The molecule has 1 amide bonds. The van der Waals surface area contributed by atoms with Gasteiger partial charge in [-0.05, 0) is 49.3 Å². The largest absolute Gasteiger partial charge is 0.452 e. The summed E-state index contributed by atoms with van der Waals surface area (Å²) < 4.78 is 4.98. The Morgan fingerprint density at radius 1 is 1.33 bits per heavy atom. The van der Waals surface area contributed by atoms with Gasteiger partial charge in [0.15, 0.2) is 6.61 Å². The van der Waals surface area contributed by atoms with E-state index in [1.807, 2.05) is 0 Å². The number of nitro groups is 1.